The number of aliphatic carboxylic acids is 1. The van der Waals surface area contributed by atoms with Crippen molar-refractivity contribution in [2.24, 2.45) is 11.7 Å². The number of carbonyl (C=O) groups is 1. The molecule has 0 aliphatic carbocycles. The van der Waals surface area contributed by atoms with Crippen LogP contribution in [0.1, 0.15) is 33.1 Å². The van der Waals surface area contributed by atoms with Gasteiger partial charge in [0.1, 0.15) is 5.54 Å². The summed E-state index contributed by atoms with van der Waals surface area (Å²) in [6.45, 7) is 5.15. The first-order valence-corrected chi connectivity index (χ1v) is 5.60. The first-order chi connectivity index (χ1) is 6.88. The Bertz CT molecular complexity index is 243. The Kier molecular flexibility index (Phi) is 3.73. The molecule has 1 rings (SSSR count). The lowest BCUT2D eigenvalue weighted by Crippen LogP contribution is -2.65. The number of carboxylic acid groups (broad SMARTS) is 1. The summed E-state index contributed by atoms with van der Waals surface area (Å²) in [4.78, 5) is 13.4. The maximum Gasteiger partial charge on any atom is 0.325 e. The summed E-state index contributed by atoms with van der Waals surface area (Å²) >= 11 is 0. The normalized spacial score (nSPS) is 33.3. The van der Waals surface area contributed by atoms with Crippen molar-refractivity contribution in [2.75, 3.05) is 13.6 Å². The van der Waals surface area contributed by atoms with Crippen molar-refractivity contribution in [1.29, 1.82) is 0 Å². The van der Waals surface area contributed by atoms with Gasteiger partial charge in [0.25, 0.3) is 0 Å². The monoisotopic (exact) mass is 214 g/mol. The maximum atomic E-state index is 11.3. The third kappa shape index (κ3) is 2.49. The summed E-state index contributed by atoms with van der Waals surface area (Å²) in [7, 11) is 1.97. The van der Waals surface area contributed by atoms with E-state index in [-0.39, 0.29) is 6.04 Å². The van der Waals surface area contributed by atoms with Gasteiger partial charge in [-0.1, -0.05) is 13.8 Å². The predicted molar refractivity (Wildman–Crippen MR) is 59.7 cm³/mol. The molecule has 2 unspecified atom stereocenters. The van der Waals surface area contributed by atoms with Gasteiger partial charge < -0.3 is 15.7 Å². The van der Waals surface area contributed by atoms with E-state index in [0.29, 0.717) is 12.3 Å². The van der Waals surface area contributed by atoms with Crippen LogP contribution in [0.5, 0.6) is 0 Å². The minimum atomic E-state index is -1.06. The zero-order chi connectivity index (χ0) is 11.6. The molecule has 1 saturated heterocycles. The predicted octanol–water partition coefficient (Wildman–Crippen LogP) is 0.909. The third-order valence-electron chi connectivity index (χ3n) is 3.32. The number of hydrogen-bond acceptors (Lipinski definition) is 3. The molecule has 0 spiro atoms. The molecule has 3 N–H and O–H groups in total. The molecule has 0 saturated carbocycles. The molecule has 2 atom stereocenters. The van der Waals surface area contributed by atoms with Crippen LogP contribution in [0.2, 0.25) is 0 Å². The van der Waals surface area contributed by atoms with Gasteiger partial charge >= 0.3 is 5.97 Å². The van der Waals surface area contributed by atoms with Crippen LogP contribution in [-0.4, -0.2) is 41.1 Å². The van der Waals surface area contributed by atoms with Crippen molar-refractivity contribution < 1.29 is 9.90 Å². The number of piperidine rings is 1. The smallest absolute Gasteiger partial charge is 0.325 e. The molecule has 1 aliphatic rings. The van der Waals surface area contributed by atoms with Gasteiger partial charge in [-0.25, -0.2) is 0 Å². The van der Waals surface area contributed by atoms with Crippen LogP contribution in [0, 0.1) is 5.92 Å². The highest BCUT2D eigenvalue weighted by molar-refractivity contribution is 5.79. The average Bonchev–Trinajstić information content (AvgIpc) is 2.11. The molecule has 0 aromatic carbocycles. The van der Waals surface area contributed by atoms with Crippen molar-refractivity contribution in [2.45, 2.75) is 44.7 Å². The van der Waals surface area contributed by atoms with Gasteiger partial charge in [0.2, 0.25) is 0 Å². The van der Waals surface area contributed by atoms with Gasteiger partial charge in [0.05, 0.1) is 0 Å². The van der Waals surface area contributed by atoms with E-state index >= 15 is 0 Å². The number of nitrogens with two attached hydrogens (primary N) is 1. The van der Waals surface area contributed by atoms with Crippen molar-refractivity contribution in [1.82, 2.24) is 4.90 Å². The van der Waals surface area contributed by atoms with Crippen molar-refractivity contribution >= 4 is 5.97 Å². The summed E-state index contributed by atoms with van der Waals surface area (Å²) in [6, 6.07) is -0.0382. The highest BCUT2D eigenvalue weighted by Gasteiger charge is 2.46. The van der Waals surface area contributed by atoms with Gasteiger partial charge in [-0.2, -0.15) is 0 Å². The highest BCUT2D eigenvalue weighted by atomic mass is 16.4. The van der Waals surface area contributed by atoms with E-state index in [0.717, 1.165) is 19.4 Å². The highest BCUT2D eigenvalue weighted by Crippen LogP contribution is 2.29. The molecule has 0 bridgehead atoms. The zero-order valence-corrected chi connectivity index (χ0v) is 9.86. The summed E-state index contributed by atoms with van der Waals surface area (Å²) in [5.41, 5.74) is 4.99. The van der Waals surface area contributed by atoms with Gasteiger partial charge in [0, 0.05) is 6.04 Å². The molecule has 4 heteroatoms. The van der Waals surface area contributed by atoms with Crippen LogP contribution < -0.4 is 5.73 Å². The largest absolute Gasteiger partial charge is 0.480 e. The van der Waals surface area contributed by atoms with E-state index in [1.165, 1.54) is 0 Å². The second-order valence-corrected chi connectivity index (χ2v) is 5.08. The standard InChI is InChI=1S/C11H22N2O2/c1-8(2)7-9-11(12,10(14)15)5-4-6-13(9)3/h8-9H,4-7,12H2,1-3H3,(H,14,15). The van der Waals surface area contributed by atoms with Crippen LogP contribution in [0.25, 0.3) is 0 Å². The number of carboxylic acids is 1. The fraction of sp³-hybridized carbons (Fsp3) is 0.909. The molecular weight excluding hydrogens is 192 g/mol. The molecule has 0 aromatic heterocycles. The molecule has 0 aromatic rings. The van der Waals surface area contributed by atoms with Crippen molar-refractivity contribution in [3.05, 3.63) is 0 Å². The summed E-state index contributed by atoms with van der Waals surface area (Å²) in [6.07, 6.45) is 2.30. The number of nitrogens with zero attached hydrogens (tertiary/aromatic N) is 1. The van der Waals surface area contributed by atoms with Crippen LogP contribution in [0.15, 0.2) is 0 Å². The van der Waals surface area contributed by atoms with Crippen LogP contribution >= 0.6 is 0 Å². The lowest BCUT2D eigenvalue weighted by molar-refractivity contribution is -0.148. The molecule has 1 heterocycles. The molecule has 0 radical (unpaired) electrons. The first kappa shape index (κ1) is 12.5. The van der Waals surface area contributed by atoms with Crippen LogP contribution in [-0.2, 0) is 4.79 Å². The van der Waals surface area contributed by atoms with Gasteiger partial charge in [-0.3, -0.25) is 4.79 Å². The van der Waals surface area contributed by atoms with E-state index in [9.17, 15) is 9.90 Å². The molecule has 1 aliphatic heterocycles. The molecule has 1 fully saturated rings. The van der Waals surface area contributed by atoms with E-state index in [1.54, 1.807) is 0 Å². The van der Waals surface area contributed by atoms with E-state index < -0.39 is 11.5 Å². The van der Waals surface area contributed by atoms with E-state index in [4.69, 9.17) is 5.73 Å². The number of hydrogen-bond donors (Lipinski definition) is 2. The van der Waals surface area contributed by atoms with Gasteiger partial charge in [-0.15, -0.1) is 0 Å². The zero-order valence-electron chi connectivity index (χ0n) is 9.86. The van der Waals surface area contributed by atoms with Crippen molar-refractivity contribution in [3.8, 4) is 0 Å². The van der Waals surface area contributed by atoms with Gasteiger partial charge in [0.15, 0.2) is 0 Å². The van der Waals surface area contributed by atoms with E-state index in [2.05, 4.69) is 18.7 Å². The first-order valence-electron chi connectivity index (χ1n) is 5.60. The number of likely N-dealkylation sites (tertiary alicyclic amines) is 1. The van der Waals surface area contributed by atoms with E-state index in [1.807, 2.05) is 7.05 Å². The lowest BCUT2D eigenvalue weighted by atomic mass is 9.78. The Labute approximate surface area is 91.4 Å². The van der Waals surface area contributed by atoms with Gasteiger partial charge in [-0.05, 0) is 38.8 Å². The molecule has 4 nitrogen and oxygen atoms in total. The fourth-order valence-electron chi connectivity index (χ4n) is 2.42. The maximum absolute atomic E-state index is 11.3. The Balaban J connectivity index is 2.86. The topological polar surface area (TPSA) is 66.6 Å². The third-order valence-corrected chi connectivity index (χ3v) is 3.32. The Morgan fingerprint density at radius 2 is 2.27 bits per heavy atom. The minimum Gasteiger partial charge on any atom is -0.480 e. The molecule has 15 heavy (non-hydrogen) atoms. The van der Waals surface area contributed by atoms with Crippen LogP contribution in [0.3, 0.4) is 0 Å². The second-order valence-electron chi connectivity index (χ2n) is 5.08. The Morgan fingerprint density at radius 1 is 1.67 bits per heavy atom. The molecule has 0 amide bonds. The summed E-state index contributed by atoms with van der Waals surface area (Å²) in [5, 5.41) is 9.25. The van der Waals surface area contributed by atoms with Crippen molar-refractivity contribution in [3.63, 3.8) is 0 Å². The fourth-order valence-corrected chi connectivity index (χ4v) is 2.42. The number of likely N-dealkylation sites (N-methyl/N-ethyl adjacent to an activating group) is 1. The Hall–Kier alpha value is -0.610. The summed E-state index contributed by atoms with van der Waals surface area (Å²) < 4.78 is 0. The quantitative estimate of drug-likeness (QED) is 0.733. The Morgan fingerprint density at radius 3 is 2.73 bits per heavy atom. The SMILES string of the molecule is CC(C)CC1N(C)CCCC1(N)C(=O)O. The molecule has 88 valence electrons. The summed E-state index contributed by atoms with van der Waals surface area (Å²) in [5.74, 6) is -0.391. The lowest BCUT2D eigenvalue weighted by Gasteiger charge is -2.44. The number of rotatable bonds is 3. The average molecular weight is 214 g/mol. The second kappa shape index (κ2) is 4.49. The minimum absolute atomic E-state index is 0.0382. The van der Waals surface area contributed by atoms with Crippen LogP contribution in [0.4, 0.5) is 0 Å². The molecular formula is C11H22N2O2.